The summed E-state index contributed by atoms with van der Waals surface area (Å²) in [5, 5.41) is 14.8. The van der Waals surface area contributed by atoms with Crippen LogP contribution in [0.25, 0.3) is 21.3 Å². The predicted molar refractivity (Wildman–Crippen MR) is 129 cm³/mol. The second kappa shape index (κ2) is 8.96. The van der Waals surface area contributed by atoms with Crippen molar-refractivity contribution >= 4 is 33.8 Å². The molecule has 0 aliphatic carbocycles. The van der Waals surface area contributed by atoms with E-state index in [2.05, 4.69) is 20.5 Å². The molecule has 3 heterocycles. The summed E-state index contributed by atoms with van der Waals surface area (Å²) in [4.78, 5) is 20.2. The number of nitrogens with zero attached hydrogens (tertiary/aromatic N) is 4. The minimum atomic E-state index is -0.573. The largest absolute Gasteiger partial charge is 0.315 e. The lowest BCUT2D eigenvalue weighted by atomic mass is 10.0. The molecule has 8 heteroatoms. The Bertz CT molecular complexity index is 1330. The van der Waals surface area contributed by atoms with Crippen LogP contribution in [0.3, 0.4) is 0 Å². The van der Waals surface area contributed by atoms with E-state index in [4.69, 9.17) is 0 Å². The van der Waals surface area contributed by atoms with Crippen LogP contribution < -0.4 is 10.2 Å². The highest BCUT2D eigenvalue weighted by molar-refractivity contribution is 7.14. The van der Waals surface area contributed by atoms with Gasteiger partial charge in [0.15, 0.2) is 0 Å². The van der Waals surface area contributed by atoms with Crippen molar-refractivity contribution in [2.24, 2.45) is 0 Å². The van der Waals surface area contributed by atoms with Gasteiger partial charge in [-0.1, -0.05) is 35.6 Å². The number of pyridine rings is 1. The molecule has 1 aliphatic rings. The monoisotopic (exact) mass is 461 g/mol. The van der Waals surface area contributed by atoms with Crippen LogP contribution in [-0.2, 0) is 0 Å². The number of nitrogens with one attached hydrogen (secondary N) is 1. The number of carbonyl (C=O) groups is 1. The molecule has 1 fully saturated rings. The number of hydrogen-bond donors (Lipinski definition) is 1. The molecule has 33 heavy (non-hydrogen) atoms. The van der Waals surface area contributed by atoms with Gasteiger partial charge in [-0.05, 0) is 62.4 Å². The second-order valence-electron chi connectivity index (χ2n) is 8.30. The van der Waals surface area contributed by atoms with E-state index < -0.39 is 5.82 Å². The van der Waals surface area contributed by atoms with Gasteiger partial charge in [0.2, 0.25) is 0 Å². The van der Waals surface area contributed by atoms with Gasteiger partial charge in [0.25, 0.3) is 5.91 Å². The fraction of sp³-hybridized carbons (Fsp3) is 0.280. The summed E-state index contributed by atoms with van der Waals surface area (Å²) in [5.74, 6) is -0.381. The first-order valence-corrected chi connectivity index (χ1v) is 11.8. The zero-order valence-electron chi connectivity index (χ0n) is 18.5. The molecular formula is C25H24FN5OS. The standard InChI is InChI=1S/C25H24FN5OS/c1-15-5-3-6-17-10-12-28-23(22(15)17)31(19-7-4-11-27-14-19)25(32)20-9-8-18(13-21(20)26)24-30-29-16(2)33-24/h3,5-6,8-10,12-13,19,27H,4,7,11,14H2,1-2H3/t19-/m1/s1. The molecule has 168 valence electrons. The number of hydrogen-bond acceptors (Lipinski definition) is 6. The highest BCUT2D eigenvalue weighted by atomic mass is 32.1. The number of anilines is 1. The number of halogens is 1. The van der Waals surface area contributed by atoms with E-state index in [1.54, 1.807) is 23.2 Å². The van der Waals surface area contributed by atoms with Crippen molar-refractivity contribution in [3.63, 3.8) is 0 Å². The summed E-state index contributed by atoms with van der Waals surface area (Å²) in [7, 11) is 0. The zero-order valence-corrected chi connectivity index (χ0v) is 19.3. The number of aromatic nitrogens is 3. The third kappa shape index (κ3) is 4.12. The first kappa shape index (κ1) is 21.6. The Morgan fingerprint density at radius 2 is 2.06 bits per heavy atom. The van der Waals surface area contributed by atoms with Crippen LogP contribution in [-0.4, -0.2) is 40.2 Å². The Morgan fingerprint density at radius 1 is 1.18 bits per heavy atom. The van der Waals surface area contributed by atoms with Crippen LogP contribution in [0.4, 0.5) is 10.2 Å². The molecule has 0 saturated carbocycles. The fourth-order valence-corrected chi connectivity index (χ4v) is 5.11. The van der Waals surface area contributed by atoms with Crippen molar-refractivity contribution in [2.45, 2.75) is 32.7 Å². The predicted octanol–water partition coefficient (Wildman–Crippen LogP) is 4.91. The van der Waals surface area contributed by atoms with Gasteiger partial charge in [-0.2, -0.15) is 0 Å². The van der Waals surface area contributed by atoms with E-state index in [1.807, 2.05) is 38.1 Å². The van der Waals surface area contributed by atoms with Gasteiger partial charge in [-0.3, -0.25) is 9.69 Å². The summed E-state index contributed by atoms with van der Waals surface area (Å²) < 4.78 is 15.3. The third-order valence-corrected chi connectivity index (χ3v) is 6.92. The number of fused-ring (bicyclic) bond motifs is 1. The minimum absolute atomic E-state index is 0.0259. The van der Waals surface area contributed by atoms with E-state index in [0.29, 0.717) is 22.9 Å². The van der Waals surface area contributed by atoms with Crippen molar-refractivity contribution in [1.82, 2.24) is 20.5 Å². The summed E-state index contributed by atoms with van der Waals surface area (Å²) in [6.07, 6.45) is 3.48. The van der Waals surface area contributed by atoms with E-state index in [1.165, 1.54) is 17.4 Å². The van der Waals surface area contributed by atoms with Crippen LogP contribution in [0.1, 0.15) is 33.8 Å². The molecule has 4 aromatic rings. The van der Waals surface area contributed by atoms with Crippen molar-refractivity contribution in [3.8, 4) is 10.6 Å². The molecule has 1 saturated heterocycles. The van der Waals surface area contributed by atoms with Gasteiger partial charge in [-0.25, -0.2) is 9.37 Å². The molecule has 0 radical (unpaired) electrons. The molecule has 1 amide bonds. The molecule has 0 unspecified atom stereocenters. The molecule has 6 nitrogen and oxygen atoms in total. The van der Waals surface area contributed by atoms with Gasteiger partial charge in [-0.15, -0.1) is 10.2 Å². The topological polar surface area (TPSA) is 71.0 Å². The first-order valence-electron chi connectivity index (χ1n) is 11.0. The molecule has 2 aromatic heterocycles. The molecule has 5 rings (SSSR count). The lowest BCUT2D eigenvalue weighted by Gasteiger charge is -2.35. The van der Waals surface area contributed by atoms with Crippen molar-refractivity contribution < 1.29 is 9.18 Å². The lowest BCUT2D eigenvalue weighted by molar-refractivity contribution is 0.0968. The Balaban J connectivity index is 1.60. The molecular weight excluding hydrogens is 437 g/mol. The number of aryl methyl sites for hydroxylation is 2. The zero-order chi connectivity index (χ0) is 22.9. The van der Waals surface area contributed by atoms with Crippen LogP contribution in [0.5, 0.6) is 0 Å². The van der Waals surface area contributed by atoms with E-state index in [9.17, 15) is 4.79 Å². The average molecular weight is 462 g/mol. The SMILES string of the molecule is Cc1nnc(-c2ccc(C(=O)N(c3nccc4cccc(C)c34)[C@@H]3CCCNC3)c(F)c2)s1. The van der Waals surface area contributed by atoms with Crippen molar-refractivity contribution in [3.05, 3.63) is 70.6 Å². The smallest absolute Gasteiger partial charge is 0.262 e. The summed E-state index contributed by atoms with van der Waals surface area (Å²) in [5.41, 5.74) is 1.66. The molecule has 1 N–H and O–H groups in total. The highest BCUT2D eigenvalue weighted by Gasteiger charge is 2.31. The fourth-order valence-electron chi connectivity index (χ4n) is 4.42. The normalized spacial score (nSPS) is 16.2. The lowest BCUT2D eigenvalue weighted by Crippen LogP contribution is -2.49. The Morgan fingerprint density at radius 3 is 2.79 bits per heavy atom. The maximum atomic E-state index is 15.3. The van der Waals surface area contributed by atoms with Gasteiger partial charge >= 0.3 is 0 Å². The maximum absolute atomic E-state index is 15.3. The number of amides is 1. The molecule has 1 atom stereocenters. The third-order valence-electron chi connectivity index (χ3n) is 6.04. The number of carbonyl (C=O) groups excluding carboxylic acids is 1. The quantitative estimate of drug-likeness (QED) is 0.468. The van der Waals surface area contributed by atoms with E-state index in [0.717, 1.165) is 40.7 Å². The summed E-state index contributed by atoms with van der Waals surface area (Å²) >= 11 is 1.39. The second-order valence-corrected chi connectivity index (χ2v) is 9.49. The van der Waals surface area contributed by atoms with Crippen LogP contribution >= 0.6 is 11.3 Å². The van der Waals surface area contributed by atoms with Crippen LogP contribution in [0, 0.1) is 19.7 Å². The van der Waals surface area contributed by atoms with Crippen LogP contribution in [0.15, 0.2) is 48.7 Å². The van der Waals surface area contributed by atoms with E-state index >= 15 is 4.39 Å². The number of rotatable bonds is 4. The average Bonchev–Trinajstić information content (AvgIpc) is 3.26. The molecule has 0 bridgehead atoms. The van der Waals surface area contributed by atoms with Crippen molar-refractivity contribution in [2.75, 3.05) is 18.0 Å². The Hall–Kier alpha value is -3.23. The minimum Gasteiger partial charge on any atom is -0.315 e. The number of benzene rings is 2. The summed E-state index contributed by atoms with van der Waals surface area (Å²) in [6, 6.07) is 12.5. The molecule has 2 aromatic carbocycles. The Labute approximate surface area is 195 Å². The van der Waals surface area contributed by atoms with Gasteiger partial charge in [0.1, 0.15) is 21.7 Å². The highest BCUT2D eigenvalue weighted by Crippen LogP contribution is 2.32. The van der Waals surface area contributed by atoms with Gasteiger partial charge < -0.3 is 5.32 Å². The first-order chi connectivity index (χ1) is 16.0. The number of piperidine rings is 1. The van der Waals surface area contributed by atoms with Crippen LogP contribution in [0.2, 0.25) is 0 Å². The molecule has 0 spiro atoms. The van der Waals surface area contributed by atoms with Crippen molar-refractivity contribution in [1.29, 1.82) is 0 Å². The van der Waals surface area contributed by atoms with Gasteiger partial charge in [0.05, 0.1) is 11.6 Å². The summed E-state index contributed by atoms with van der Waals surface area (Å²) in [6.45, 7) is 5.41. The van der Waals surface area contributed by atoms with Gasteiger partial charge in [0, 0.05) is 23.7 Å². The van der Waals surface area contributed by atoms with E-state index in [-0.39, 0.29) is 17.5 Å². The molecule has 1 aliphatic heterocycles. The maximum Gasteiger partial charge on any atom is 0.262 e. The Kier molecular flexibility index (Phi) is 5.86.